The molecule has 2 heterocycles. The Balaban J connectivity index is 1.39. The standard InChI is InChI=1S/C20H23N3O/c1-24-17-6-4-5-15(13-17)14-23-11-9-16(10-12-23)20-21-18-7-2-3-8-19(18)22-20/h2-8,13,16H,9-12,14H2,1H3,(H,21,22). The molecule has 3 aromatic rings. The highest BCUT2D eigenvalue weighted by Crippen LogP contribution is 2.28. The Bertz CT molecular complexity index is 785. The van der Waals surface area contributed by atoms with Crippen molar-refractivity contribution in [1.29, 1.82) is 0 Å². The van der Waals surface area contributed by atoms with E-state index < -0.39 is 0 Å². The van der Waals surface area contributed by atoms with Gasteiger partial charge in [0.2, 0.25) is 0 Å². The van der Waals surface area contributed by atoms with Crippen LogP contribution in [0.5, 0.6) is 5.75 Å². The van der Waals surface area contributed by atoms with Crippen LogP contribution in [0.1, 0.15) is 30.1 Å². The van der Waals surface area contributed by atoms with Crippen molar-refractivity contribution in [3.8, 4) is 5.75 Å². The number of methoxy groups -OCH3 is 1. The van der Waals surface area contributed by atoms with E-state index in [2.05, 4.69) is 46.3 Å². The number of rotatable bonds is 4. The molecule has 24 heavy (non-hydrogen) atoms. The second-order valence-corrected chi connectivity index (χ2v) is 6.54. The van der Waals surface area contributed by atoms with Crippen molar-refractivity contribution in [2.45, 2.75) is 25.3 Å². The first kappa shape index (κ1) is 15.2. The lowest BCUT2D eigenvalue weighted by molar-refractivity contribution is 0.202. The second kappa shape index (κ2) is 6.65. The number of fused-ring (bicyclic) bond motifs is 1. The number of aromatic nitrogens is 2. The van der Waals surface area contributed by atoms with Crippen LogP contribution in [0.4, 0.5) is 0 Å². The molecule has 0 atom stereocenters. The number of ether oxygens (including phenoxy) is 1. The number of imidazole rings is 1. The van der Waals surface area contributed by atoms with Crippen LogP contribution >= 0.6 is 0 Å². The third-order valence-corrected chi connectivity index (χ3v) is 4.92. The van der Waals surface area contributed by atoms with Crippen molar-refractivity contribution >= 4 is 11.0 Å². The van der Waals surface area contributed by atoms with Gasteiger partial charge in [0.25, 0.3) is 0 Å². The summed E-state index contributed by atoms with van der Waals surface area (Å²) in [6.07, 6.45) is 2.31. The summed E-state index contributed by atoms with van der Waals surface area (Å²) >= 11 is 0. The average Bonchev–Trinajstić information content (AvgIpc) is 3.06. The van der Waals surface area contributed by atoms with Gasteiger partial charge in [0.15, 0.2) is 0 Å². The van der Waals surface area contributed by atoms with Crippen LogP contribution in [-0.2, 0) is 6.54 Å². The molecule has 4 heteroatoms. The number of aromatic amines is 1. The smallest absolute Gasteiger partial charge is 0.119 e. The molecule has 4 nitrogen and oxygen atoms in total. The van der Waals surface area contributed by atoms with Crippen molar-refractivity contribution in [3.63, 3.8) is 0 Å². The first-order valence-corrected chi connectivity index (χ1v) is 8.62. The number of hydrogen-bond donors (Lipinski definition) is 1. The molecule has 1 N–H and O–H groups in total. The fourth-order valence-electron chi connectivity index (χ4n) is 3.56. The zero-order valence-corrected chi connectivity index (χ0v) is 14.0. The maximum atomic E-state index is 5.32. The molecule has 0 unspecified atom stereocenters. The molecule has 1 fully saturated rings. The molecule has 0 bridgehead atoms. The number of nitrogens with zero attached hydrogens (tertiary/aromatic N) is 2. The topological polar surface area (TPSA) is 41.1 Å². The Kier molecular flexibility index (Phi) is 4.22. The van der Waals surface area contributed by atoms with Gasteiger partial charge in [-0.15, -0.1) is 0 Å². The number of likely N-dealkylation sites (tertiary alicyclic amines) is 1. The summed E-state index contributed by atoms with van der Waals surface area (Å²) in [5.74, 6) is 2.63. The predicted molar refractivity (Wildman–Crippen MR) is 96.3 cm³/mol. The third kappa shape index (κ3) is 3.15. The molecule has 0 amide bonds. The maximum Gasteiger partial charge on any atom is 0.119 e. The van der Waals surface area contributed by atoms with Gasteiger partial charge in [0.1, 0.15) is 11.6 Å². The largest absolute Gasteiger partial charge is 0.497 e. The molecular formula is C20H23N3O. The number of hydrogen-bond acceptors (Lipinski definition) is 3. The fraction of sp³-hybridized carbons (Fsp3) is 0.350. The molecule has 0 spiro atoms. The van der Waals surface area contributed by atoms with Crippen molar-refractivity contribution in [2.75, 3.05) is 20.2 Å². The Morgan fingerprint density at radius 1 is 1.12 bits per heavy atom. The summed E-state index contributed by atoms with van der Waals surface area (Å²) in [5, 5.41) is 0. The summed E-state index contributed by atoms with van der Waals surface area (Å²) in [7, 11) is 1.72. The molecule has 1 saturated heterocycles. The minimum atomic E-state index is 0.541. The average molecular weight is 321 g/mol. The van der Waals surface area contributed by atoms with Gasteiger partial charge in [-0.2, -0.15) is 0 Å². The lowest BCUT2D eigenvalue weighted by Gasteiger charge is -2.31. The summed E-state index contributed by atoms with van der Waals surface area (Å²) in [5.41, 5.74) is 3.54. The minimum absolute atomic E-state index is 0.541. The Morgan fingerprint density at radius 2 is 1.96 bits per heavy atom. The van der Waals surface area contributed by atoms with E-state index in [0.717, 1.165) is 55.1 Å². The number of H-pyrrole nitrogens is 1. The zero-order valence-electron chi connectivity index (χ0n) is 14.0. The number of benzene rings is 2. The van der Waals surface area contributed by atoms with Gasteiger partial charge in [0.05, 0.1) is 18.1 Å². The highest BCUT2D eigenvalue weighted by molar-refractivity contribution is 5.74. The summed E-state index contributed by atoms with van der Waals surface area (Å²) in [6.45, 7) is 3.21. The van der Waals surface area contributed by atoms with Crippen LogP contribution in [0.15, 0.2) is 48.5 Å². The fourth-order valence-corrected chi connectivity index (χ4v) is 3.56. The molecule has 2 aromatic carbocycles. The van der Waals surface area contributed by atoms with Crippen LogP contribution in [0, 0.1) is 0 Å². The number of piperidine rings is 1. The molecular weight excluding hydrogens is 298 g/mol. The molecule has 0 saturated carbocycles. The lowest BCUT2D eigenvalue weighted by Crippen LogP contribution is -2.32. The number of para-hydroxylation sites is 2. The normalized spacial score (nSPS) is 16.5. The van der Waals surface area contributed by atoms with Crippen molar-refractivity contribution in [1.82, 2.24) is 14.9 Å². The monoisotopic (exact) mass is 321 g/mol. The van der Waals surface area contributed by atoms with Crippen molar-refractivity contribution in [2.24, 2.45) is 0 Å². The second-order valence-electron chi connectivity index (χ2n) is 6.54. The highest BCUT2D eigenvalue weighted by Gasteiger charge is 2.23. The Labute approximate surface area is 142 Å². The highest BCUT2D eigenvalue weighted by atomic mass is 16.5. The molecule has 0 aliphatic carbocycles. The van der Waals surface area contributed by atoms with Crippen LogP contribution in [0.3, 0.4) is 0 Å². The van der Waals surface area contributed by atoms with E-state index in [9.17, 15) is 0 Å². The quantitative estimate of drug-likeness (QED) is 0.791. The maximum absolute atomic E-state index is 5.32. The van der Waals surface area contributed by atoms with Gasteiger partial charge < -0.3 is 9.72 Å². The van der Waals surface area contributed by atoms with E-state index in [1.54, 1.807) is 7.11 Å². The third-order valence-electron chi connectivity index (χ3n) is 4.92. The molecule has 1 aliphatic heterocycles. The minimum Gasteiger partial charge on any atom is -0.497 e. The van der Waals surface area contributed by atoms with E-state index in [1.807, 2.05) is 12.1 Å². The van der Waals surface area contributed by atoms with E-state index >= 15 is 0 Å². The molecule has 0 radical (unpaired) electrons. The summed E-state index contributed by atoms with van der Waals surface area (Å²) < 4.78 is 5.32. The summed E-state index contributed by atoms with van der Waals surface area (Å²) in [6, 6.07) is 16.6. The summed E-state index contributed by atoms with van der Waals surface area (Å²) in [4.78, 5) is 10.8. The van der Waals surface area contributed by atoms with Gasteiger partial charge in [-0.25, -0.2) is 4.98 Å². The SMILES string of the molecule is COc1cccc(CN2CCC(c3nc4ccccc4[nH]3)CC2)c1. The van der Waals surface area contributed by atoms with E-state index in [1.165, 1.54) is 5.56 Å². The first-order valence-electron chi connectivity index (χ1n) is 8.62. The van der Waals surface area contributed by atoms with Crippen molar-refractivity contribution < 1.29 is 4.74 Å². The van der Waals surface area contributed by atoms with Crippen molar-refractivity contribution in [3.05, 3.63) is 59.9 Å². The van der Waals surface area contributed by atoms with E-state index in [-0.39, 0.29) is 0 Å². The predicted octanol–water partition coefficient (Wildman–Crippen LogP) is 3.95. The molecule has 1 aliphatic rings. The van der Waals surface area contributed by atoms with Crippen LogP contribution in [0.25, 0.3) is 11.0 Å². The number of nitrogens with one attached hydrogen (secondary N) is 1. The Hall–Kier alpha value is -2.33. The van der Waals surface area contributed by atoms with Crippen LogP contribution in [-0.4, -0.2) is 35.1 Å². The lowest BCUT2D eigenvalue weighted by atomic mass is 9.96. The van der Waals surface area contributed by atoms with Gasteiger partial charge in [0, 0.05) is 12.5 Å². The molecule has 4 rings (SSSR count). The molecule has 1 aromatic heterocycles. The van der Waals surface area contributed by atoms with Crippen LogP contribution in [0.2, 0.25) is 0 Å². The van der Waals surface area contributed by atoms with E-state index in [4.69, 9.17) is 9.72 Å². The Morgan fingerprint density at radius 3 is 2.75 bits per heavy atom. The van der Waals surface area contributed by atoms with E-state index in [0.29, 0.717) is 5.92 Å². The van der Waals surface area contributed by atoms with Gasteiger partial charge >= 0.3 is 0 Å². The molecule has 124 valence electrons. The van der Waals surface area contributed by atoms with Gasteiger partial charge in [-0.3, -0.25) is 4.90 Å². The zero-order chi connectivity index (χ0) is 16.4. The van der Waals surface area contributed by atoms with Crippen LogP contribution < -0.4 is 4.74 Å². The van der Waals surface area contributed by atoms with Gasteiger partial charge in [-0.1, -0.05) is 24.3 Å². The van der Waals surface area contributed by atoms with Gasteiger partial charge in [-0.05, 0) is 55.8 Å². The first-order chi connectivity index (χ1) is 11.8.